The van der Waals surface area contributed by atoms with E-state index in [4.69, 9.17) is 13.9 Å². The Kier molecular flexibility index (Phi) is 3.66. The van der Waals surface area contributed by atoms with Gasteiger partial charge in [0.25, 0.3) is 0 Å². The van der Waals surface area contributed by atoms with Gasteiger partial charge in [0, 0.05) is 23.4 Å². The zero-order valence-corrected chi connectivity index (χ0v) is 13.7. The molecule has 0 saturated heterocycles. The van der Waals surface area contributed by atoms with Crippen LogP contribution in [0.4, 0.5) is 0 Å². The summed E-state index contributed by atoms with van der Waals surface area (Å²) in [5, 5.41) is 0.851. The van der Waals surface area contributed by atoms with Gasteiger partial charge in [-0.3, -0.25) is 4.79 Å². The third-order valence-corrected chi connectivity index (χ3v) is 4.12. The minimum atomic E-state index is -0.776. The predicted octanol–water partition coefficient (Wildman–Crippen LogP) is 3.07. The fraction of sp³-hybridized carbons (Fsp3) is 0.444. The van der Waals surface area contributed by atoms with E-state index in [-0.39, 0.29) is 23.6 Å². The molecule has 1 atom stereocenters. The number of ether oxygens (including phenoxy) is 2. The number of esters is 1. The minimum absolute atomic E-state index is 0.197. The molecule has 0 aliphatic carbocycles. The molecule has 0 fully saturated rings. The number of fused-ring (bicyclic) bond motifs is 3. The van der Waals surface area contributed by atoms with E-state index in [1.54, 1.807) is 19.9 Å². The molecule has 122 valence electrons. The molecule has 0 amide bonds. The SMILES string of the molecule is CC(C)C(=O)OC(C)(C)[C@@H]1Cc2c(ccc3ccc(=O)oc23)O1. The molecule has 0 N–H and O–H groups in total. The highest BCUT2D eigenvalue weighted by molar-refractivity contribution is 5.82. The van der Waals surface area contributed by atoms with E-state index in [0.29, 0.717) is 17.8 Å². The first-order chi connectivity index (χ1) is 10.8. The predicted molar refractivity (Wildman–Crippen MR) is 85.6 cm³/mol. The normalized spacial score (nSPS) is 17.2. The maximum absolute atomic E-state index is 11.9. The highest BCUT2D eigenvalue weighted by Crippen LogP contribution is 2.38. The Labute approximate surface area is 134 Å². The maximum Gasteiger partial charge on any atom is 0.336 e. The lowest BCUT2D eigenvalue weighted by Gasteiger charge is -2.31. The van der Waals surface area contributed by atoms with Gasteiger partial charge in [0.05, 0.1) is 5.92 Å². The summed E-state index contributed by atoms with van der Waals surface area (Å²) in [5.74, 6) is 0.216. The number of hydrogen-bond acceptors (Lipinski definition) is 5. The third-order valence-electron chi connectivity index (χ3n) is 4.12. The van der Waals surface area contributed by atoms with Gasteiger partial charge in [-0.1, -0.05) is 13.8 Å². The average Bonchev–Trinajstić information content (AvgIpc) is 2.92. The van der Waals surface area contributed by atoms with Gasteiger partial charge in [0.1, 0.15) is 23.0 Å². The van der Waals surface area contributed by atoms with Crippen LogP contribution >= 0.6 is 0 Å². The van der Waals surface area contributed by atoms with Crippen LogP contribution in [0.15, 0.2) is 33.5 Å². The fourth-order valence-electron chi connectivity index (χ4n) is 2.69. The molecule has 2 aromatic rings. The number of hydrogen-bond donors (Lipinski definition) is 0. The van der Waals surface area contributed by atoms with Crippen LogP contribution in [0.2, 0.25) is 0 Å². The second-order valence-corrected chi connectivity index (χ2v) is 6.70. The van der Waals surface area contributed by atoms with Crippen LogP contribution in [0, 0.1) is 5.92 Å². The molecule has 1 aromatic heterocycles. The van der Waals surface area contributed by atoms with Crippen LogP contribution in [0.25, 0.3) is 11.0 Å². The average molecular weight is 316 g/mol. The Morgan fingerprint density at radius 1 is 1.26 bits per heavy atom. The highest BCUT2D eigenvalue weighted by Gasteiger charge is 2.41. The van der Waals surface area contributed by atoms with Crippen molar-refractivity contribution in [3.05, 3.63) is 40.2 Å². The Morgan fingerprint density at radius 3 is 2.65 bits per heavy atom. The molecule has 3 rings (SSSR count). The van der Waals surface area contributed by atoms with E-state index in [9.17, 15) is 9.59 Å². The topological polar surface area (TPSA) is 65.7 Å². The molecule has 1 aliphatic heterocycles. The molecule has 2 heterocycles. The first kappa shape index (κ1) is 15.6. The van der Waals surface area contributed by atoms with E-state index in [1.165, 1.54) is 6.07 Å². The van der Waals surface area contributed by atoms with Gasteiger partial charge in [-0.25, -0.2) is 4.79 Å². The number of carbonyl (C=O) groups excluding carboxylic acids is 1. The van der Waals surface area contributed by atoms with Crippen LogP contribution in [0.5, 0.6) is 5.75 Å². The molecule has 0 radical (unpaired) electrons. The fourth-order valence-corrected chi connectivity index (χ4v) is 2.69. The molecule has 23 heavy (non-hydrogen) atoms. The minimum Gasteiger partial charge on any atom is -0.485 e. The highest BCUT2D eigenvalue weighted by atomic mass is 16.6. The largest absolute Gasteiger partial charge is 0.485 e. The van der Waals surface area contributed by atoms with Gasteiger partial charge in [0.2, 0.25) is 0 Å². The van der Waals surface area contributed by atoms with Crippen molar-refractivity contribution in [3.8, 4) is 5.75 Å². The zero-order chi connectivity index (χ0) is 16.8. The molecule has 0 saturated carbocycles. The molecular weight excluding hydrogens is 296 g/mol. The summed E-state index contributed by atoms with van der Waals surface area (Å²) in [6, 6.07) is 6.85. The van der Waals surface area contributed by atoms with Crippen molar-refractivity contribution >= 4 is 16.9 Å². The van der Waals surface area contributed by atoms with Crippen LogP contribution in [-0.4, -0.2) is 17.7 Å². The lowest BCUT2D eigenvalue weighted by molar-refractivity contribution is -0.168. The summed E-state index contributed by atoms with van der Waals surface area (Å²) in [6.07, 6.45) is 0.203. The lowest BCUT2D eigenvalue weighted by Crippen LogP contribution is -2.44. The van der Waals surface area contributed by atoms with Gasteiger partial charge < -0.3 is 13.9 Å². The van der Waals surface area contributed by atoms with Crippen molar-refractivity contribution in [3.63, 3.8) is 0 Å². The summed E-state index contributed by atoms with van der Waals surface area (Å²) in [6.45, 7) is 7.26. The number of rotatable bonds is 3. The van der Waals surface area contributed by atoms with E-state index in [0.717, 1.165) is 10.9 Å². The quantitative estimate of drug-likeness (QED) is 0.643. The summed E-state index contributed by atoms with van der Waals surface area (Å²) in [5.41, 5.74) is 0.226. The molecule has 0 bridgehead atoms. The van der Waals surface area contributed by atoms with Crippen molar-refractivity contribution < 1.29 is 18.7 Å². The smallest absolute Gasteiger partial charge is 0.336 e. The first-order valence-electron chi connectivity index (χ1n) is 7.73. The van der Waals surface area contributed by atoms with Crippen molar-refractivity contribution in [1.82, 2.24) is 0 Å². The van der Waals surface area contributed by atoms with Gasteiger partial charge in [-0.05, 0) is 32.0 Å². The van der Waals surface area contributed by atoms with Crippen LogP contribution in [0.3, 0.4) is 0 Å². The Morgan fingerprint density at radius 2 is 1.96 bits per heavy atom. The molecular formula is C18H20O5. The van der Waals surface area contributed by atoms with Gasteiger partial charge in [0.15, 0.2) is 0 Å². The van der Waals surface area contributed by atoms with Crippen molar-refractivity contribution in [1.29, 1.82) is 0 Å². The van der Waals surface area contributed by atoms with E-state index >= 15 is 0 Å². The Bertz CT molecular complexity index is 816. The summed E-state index contributed by atoms with van der Waals surface area (Å²) >= 11 is 0. The monoisotopic (exact) mass is 316 g/mol. The number of benzene rings is 1. The summed E-state index contributed by atoms with van der Waals surface area (Å²) < 4.78 is 16.9. The molecule has 0 spiro atoms. The molecule has 1 aromatic carbocycles. The van der Waals surface area contributed by atoms with Gasteiger partial charge >= 0.3 is 11.6 Å². The van der Waals surface area contributed by atoms with Gasteiger partial charge in [-0.15, -0.1) is 0 Å². The van der Waals surface area contributed by atoms with Crippen molar-refractivity contribution in [2.24, 2.45) is 5.92 Å². The van der Waals surface area contributed by atoms with Crippen molar-refractivity contribution in [2.45, 2.75) is 45.8 Å². The molecule has 5 heteroatoms. The molecule has 0 unspecified atom stereocenters. The molecule has 1 aliphatic rings. The second kappa shape index (κ2) is 5.41. The summed E-state index contributed by atoms with van der Waals surface area (Å²) in [4.78, 5) is 23.4. The Hall–Kier alpha value is -2.30. The van der Waals surface area contributed by atoms with Crippen LogP contribution in [0.1, 0.15) is 33.3 Å². The second-order valence-electron chi connectivity index (χ2n) is 6.70. The molecule has 5 nitrogen and oxygen atoms in total. The Balaban J connectivity index is 1.92. The maximum atomic E-state index is 11.9. The summed E-state index contributed by atoms with van der Waals surface area (Å²) in [7, 11) is 0. The van der Waals surface area contributed by atoms with Crippen LogP contribution < -0.4 is 10.4 Å². The van der Waals surface area contributed by atoms with Crippen LogP contribution in [-0.2, 0) is 16.0 Å². The van der Waals surface area contributed by atoms with E-state index < -0.39 is 5.60 Å². The van der Waals surface area contributed by atoms with Gasteiger partial charge in [-0.2, -0.15) is 0 Å². The van der Waals surface area contributed by atoms with Crippen molar-refractivity contribution in [2.75, 3.05) is 0 Å². The number of carbonyl (C=O) groups is 1. The van der Waals surface area contributed by atoms with E-state index in [2.05, 4.69) is 0 Å². The standard InChI is InChI=1S/C18H20O5/c1-10(2)17(20)23-18(3,4)14-9-12-13(21-14)7-5-11-6-8-15(19)22-16(11)12/h5-8,10,14H,9H2,1-4H3/t14-/m0/s1. The lowest BCUT2D eigenvalue weighted by atomic mass is 9.96. The zero-order valence-electron chi connectivity index (χ0n) is 13.7. The van der Waals surface area contributed by atoms with E-state index in [1.807, 2.05) is 26.0 Å². The third kappa shape index (κ3) is 2.83. The first-order valence-corrected chi connectivity index (χ1v) is 7.73.